The zero-order valence-electron chi connectivity index (χ0n) is 22.1. The van der Waals surface area contributed by atoms with Gasteiger partial charge in [-0.2, -0.15) is 18.4 Å². The number of nitrogens with one attached hydrogen (secondary N) is 1. The Morgan fingerprint density at radius 1 is 1.10 bits per heavy atom. The van der Waals surface area contributed by atoms with Crippen molar-refractivity contribution in [1.29, 1.82) is 5.26 Å². The molecule has 42 heavy (non-hydrogen) atoms. The topological polar surface area (TPSA) is 123 Å². The summed E-state index contributed by atoms with van der Waals surface area (Å²) >= 11 is 0. The normalized spacial score (nSPS) is 20.5. The Labute approximate surface area is 238 Å². The molecule has 0 aromatic heterocycles. The van der Waals surface area contributed by atoms with E-state index in [0.717, 1.165) is 21.9 Å². The Hall–Kier alpha value is -5.05. The number of benzene rings is 2. The van der Waals surface area contributed by atoms with Crippen molar-refractivity contribution in [2.45, 2.75) is 31.5 Å². The van der Waals surface area contributed by atoms with Gasteiger partial charge in [-0.1, -0.05) is 24.3 Å². The first kappa shape index (κ1) is 28.5. The molecule has 0 bridgehead atoms. The van der Waals surface area contributed by atoms with E-state index < -0.39 is 42.2 Å². The Bertz CT molecular complexity index is 1570. The molecule has 0 spiro atoms. The first-order valence-electron chi connectivity index (χ1n) is 13.1. The molecule has 2 heterocycles. The van der Waals surface area contributed by atoms with Crippen molar-refractivity contribution in [3.8, 4) is 6.07 Å². The molecule has 0 saturated heterocycles. The number of carbonyl (C=O) groups excluding carboxylic acids is 4. The summed E-state index contributed by atoms with van der Waals surface area (Å²) in [5.74, 6) is -1.64. The van der Waals surface area contributed by atoms with Crippen LogP contribution in [-0.4, -0.2) is 47.8 Å². The number of rotatable bonds is 6. The molecule has 1 N–H and O–H groups in total. The van der Waals surface area contributed by atoms with Crippen LogP contribution in [0.2, 0.25) is 0 Å². The van der Waals surface area contributed by atoms with Gasteiger partial charge >= 0.3 is 12.2 Å². The molecule has 2 aromatic rings. The lowest BCUT2D eigenvalue weighted by atomic mass is 9.83. The summed E-state index contributed by atoms with van der Waals surface area (Å²) in [6, 6.07) is 10.8. The quantitative estimate of drug-likeness (QED) is 0.545. The van der Waals surface area contributed by atoms with Crippen molar-refractivity contribution >= 4 is 35.5 Å². The number of alkyl halides is 3. The highest BCUT2D eigenvalue weighted by Gasteiger charge is 2.45. The van der Waals surface area contributed by atoms with Crippen LogP contribution in [0.3, 0.4) is 0 Å². The maximum atomic E-state index is 14.2. The van der Waals surface area contributed by atoms with Crippen molar-refractivity contribution in [2.75, 3.05) is 18.0 Å². The van der Waals surface area contributed by atoms with Crippen LogP contribution in [0.4, 0.5) is 23.7 Å². The molecule has 0 fully saturated rings. The largest absolute Gasteiger partial charge is 0.416 e. The molecule has 9 nitrogen and oxygen atoms in total. The summed E-state index contributed by atoms with van der Waals surface area (Å²) in [6.45, 7) is -0.435. The molecule has 12 heteroatoms. The average Bonchev–Trinajstić information content (AvgIpc) is 2.97. The fraction of sp³-hybridized carbons (Fsp3) is 0.267. The summed E-state index contributed by atoms with van der Waals surface area (Å²) in [7, 11) is 0. The molecule has 0 saturated carbocycles. The van der Waals surface area contributed by atoms with E-state index in [4.69, 9.17) is 0 Å². The van der Waals surface area contributed by atoms with E-state index in [9.17, 15) is 37.6 Å². The highest BCUT2D eigenvalue weighted by Crippen LogP contribution is 2.44. The van der Waals surface area contributed by atoms with E-state index in [-0.39, 0.29) is 48.0 Å². The third-order valence-electron chi connectivity index (χ3n) is 7.24. The van der Waals surface area contributed by atoms with Crippen molar-refractivity contribution in [3.05, 3.63) is 88.6 Å². The number of allylic oxidation sites excluding steroid dienone is 1. The van der Waals surface area contributed by atoms with E-state index in [2.05, 4.69) is 10.3 Å². The molecule has 1 aliphatic carbocycles. The Morgan fingerprint density at radius 2 is 1.86 bits per heavy atom. The van der Waals surface area contributed by atoms with Gasteiger partial charge in [0, 0.05) is 42.4 Å². The minimum Gasteiger partial charge on any atom is -0.354 e. The number of nitriles is 1. The minimum atomic E-state index is -4.67. The van der Waals surface area contributed by atoms with Crippen LogP contribution >= 0.6 is 0 Å². The van der Waals surface area contributed by atoms with E-state index in [0.29, 0.717) is 17.5 Å². The maximum absolute atomic E-state index is 14.2. The van der Waals surface area contributed by atoms with Gasteiger partial charge in [-0.3, -0.25) is 19.3 Å². The van der Waals surface area contributed by atoms with Crippen LogP contribution in [-0.2, 0) is 20.6 Å². The first-order valence-corrected chi connectivity index (χ1v) is 13.1. The van der Waals surface area contributed by atoms with Crippen LogP contribution in [0.1, 0.15) is 42.0 Å². The number of hydrogen-bond acceptors (Lipinski definition) is 5. The summed E-state index contributed by atoms with van der Waals surface area (Å²) in [6.07, 6.45) is 0.419. The molecule has 0 radical (unpaired) electrons. The van der Waals surface area contributed by atoms with Crippen LogP contribution in [0.15, 0.2) is 76.9 Å². The number of dihydropyridines is 1. The monoisotopic (exact) mass is 575 g/mol. The smallest absolute Gasteiger partial charge is 0.354 e. The van der Waals surface area contributed by atoms with Gasteiger partial charge in [0.15, 0.2) is 5.78 Å². The lowest BCUT2D eigenvalue weighted by Crippen LogP contribution is -2.54. The lowest BCUT2D eigenvalue weighted by Gasteiger charge is -2.45. The number of ketones is 1. The Kier molecular flexibility index (Phi) is 7.76. The predicted molar refractivity (Wildman–Crippen MR) is 145 cm³/mol. The zero-order chi connectivity index (χ0) is 30.0. The summed E-state index contributed by atoms with van der Waals surface area (Å²) in [5, 5.41) is 11.9. The molecule has 5 rings (SSSR count). The maximum Gasteiger partial charge on any atom is 0.416 e. The van der Waals surface area contributed by atoms with E-state index >= 15 is 0 Å². The number of anilines is 1. The third kappa shape index (κ3) is 5.72. The minimum absolute atomic E-state index is 0.0751. The van der Waals surface area contributed by atoms with Gasteiger partial charge in [0.25, 0.3) is 5.91 Å². The molecule has 2 atom stereocenters. The summed E-state index contributed by atoms with van der Waals surface area (Å²) in [5.41, 5.74) is 0.291. The van der Waals surface area contributed by atoms with Crippen molar-refractivity contribution < 1.29 is 32.3 Å². The van der Waals surface area contributed by atoms with Gasteiger partial charge < -0.3 is 10.2 Å². The second-order valence-corrected chi connectivity index (χ2v) is 10.0. The number of hydrogen-bond donors (Lipinski definition) is 1. The molecule has 4 amide bonds. The number of halogens is 3. The SMILES string of the molecule is N#Cc1ccc(C2C3=C(CCCC3=O)N(c3cccc(C(F)(F)F)c3)C(=O)N2CC(=O)NCC2C=CC(=O)N=C2)cc1. The van der Waals surface area contributed by atoms with Crippen molar-refractivity contribution in [2.24, 2.45) is 10.9 Å². The van der Waals surface area contributed by atoms with E-state index in [1.54, 1.807) is 18.2 Å². The van der Waals surface area contributed by atoms with E-state index in [1.165, 1.54) is 36.6 Å². The molecule has 2 aliphatic heterocycles. The number of urea groups is 1. The fourth-order valence-corrected chi connectivity index (χ4v) is 5.26. The van der Waals surface area contributed by atoms with Crippen LogP contribution in [0.5, 0.6) is 0 Å². The molecule has 214 valence electrons. The summed E-state index contributed by atoms with van der Waals surface area (Å²) in [4.78, 5) is 58.0. The number of nitrogens with zero attached hydrogens (tertiary/aromatic N) is 4. The second-order valence-electron chi connectivity index (χ2n) is 10.0. The van der Waals surface area contributed by atoms with Gasteiger partial charge in [0.05, 0.1) is 28.9 Å². The Morgan fingerprint density at radius 3 is 2.52 bits per heavy atom. The van der Waals surface area contributed by atoms with Gasteiger partial charge in [0.1, 0.15) is 6.54 Å². The standard InChI is InChI=1S/C30H24F3N5O4/c31-30(32,33)21-3-1-4-22(13-21)38-23-5-2-6-24(39)27(23)28(20-10-7-18(14-34)8-11-20)37(29(38)42)17-26(41)36-16-19-9-12-25(40)35-15-19/h1,3-4,7-13,15,19,28H,2,5-6,16-17H2,(H,36,41). The zero-order valence-corrected chi connectivity index (χ0v) is 22.1. The highest BCUT2D eigenvalue weighted by atomic mass is 19.4. The van der Waals surface area contributed by atoms with Gasteiger partial charge in [-0.05, 0) is 48.7 Å². The molecular weight excluding hydrogens is 551 g/mol. The molecule has 2 aromatic carbocycles. The van der Waals surface area contributed by atoms with E-state index in [1.807, 2.05) is 6.07 Å². The van der Waals surface area contributed by atoms with Crippen LogP contribution in [0.25, 0.3) is 0 Å². The molecule has 3 aliphatic rings. The van der Waals surface area contributed by atoms with Crippen LogP contribution in [0, 0.1) is 17.2 Å². The van der Waals surface area contributed by atoms with Gasteiger partial charge in [-0.25, -0.2) is 9.79 Å². The van der Waals surface area contributed by atoms with Gasteiger partial charge in [-0.15, -0.1) is 0 Å². The highest BCUT2D eigenvalue weighted by molar-refractivity contribution is 6.07. The number of carbonyl (C=O) groups is 4. The van der Waals surface area contributed by atoms with Crippen LogP contribution < -0.4 is 10.2 Å². The summed E-state index contributed by atoms with van der Waals surface area (Å²) < 4.78 is 40.8. The Balaban J connectivity index is 1.56. The lowest BCUT2D eigenvalue weighted by molar-refractivity contribution is -0.137. The molecular formula is C30H24F3N5O4. The third-order valence-corrected chi connectivity index (χ3v) is 7.24. The van der Waals surface area contributed by atoms with Crippen molar-refractivity contribution in [3.63, 3.8) is 0 Å². The number of aliphatic imine (C=N–C) groups is 1. The predicted octanol–water partition coefficient (Wildman–Crippen LogP) is 4.47. The second kappa shape index (κ2) is 11.4. The fourth-order valence-electron chi connectivity index (χ4n) is 5.26. The van der Waals surface area contributed by atoms with Crippen molar-refractivity contribution in [1.82, 2.24) is 10.2 Å². The van der Waals surface area contributed by atoms with Gasteiger partial charge in [0.2, 0.25) is 5.91 Å². The first-order chi connectivity index (χ1) is 20.1. The number of Topliss-reactive ketones (excluding diaryl/α,β-unsaturated/α-hetero) is 1. The average molecular weight is 576 g/mol. The number of amides is 4. The molecule has 2 unspecified atom stereocenters.